The van der Waals surface area contributed by atoms with Gasteiger partial charge in [-0.3, -0.25) is 19.2 Å². The van der Waals surface area contributed by atoms with Crippen molar-refractivity contribution in [2.75, 3.05) is 0 Å². The van der Waals surface area contributed by atoms with Gasteiger partial charge in [0, 0.05) is 6.92 Å². The maximum Gasteiger partial charge on any atom is 0.192 e. The van der Waals surface area contributed by atoms with Gasteiger partial charge < -0.3 is 0 Å². The zero-order valence-corrected chi connectivity index (χ0v) is 4.87. The molecule has 4 nitrogen and oxygen atoms in total. The number of carbonyl (C=O) groups is 4. The minimum Gasteiger partial charge on any atom is -0.295 e. The van der Waals surface area contributed by atoms with Gasteiger partial charge in [0.15, 0.2) is 24.6 Å². The van der Waals surface area contributed by atoms with Crippen LogP contribution in [0.15, 0.2) is 0 Å². The molecule has 9 heavy (non-hydrogen) atoms. The van der Waals surface area contributed by atoms with Crippen LogP contribution in [-0.4, -0.2) is 24.6 Å². The van der Waals surface area contributed by atoms with E-state index in [4.69, 9.17) is 14.4 Å². The standard InChI is InChI=1S/C3H4O2.C2H2O2/c1-3(5)2-4;3-1-2-4/h2H,1H3;1-2H. The molecule has 0 saturated carbocycles. The number of rotatable bonds is 2. The van der Waals surface area contributed by atoms with E-state index in [1.165, 1.54) is 6.92 Å². The SMILES string of the molecule is CC(=O)C=O.O=CC=O. The summed E-state index contributed by atoms with van der Waals surface area (Å²) in [5.74, 6) is -0.426. The Labute approximate surface area is 51.9 Å². The lowest BCUT2D eigenvalue weighted by molar-refractivity contribution is -0.128. The zero-order chi connectivity index (χ0) is 7.70. The fourth-order valence-electron chi connectivity index (χ4n) is 0. The van der Waals surface area contributed by atoms with Gasteiger partial charge in [0.05, 0.1) is 0 Å². The van der Waals surface area contributed by atoms with Gasteiger partial charge in [0.2, 0.25) is 0 Å². The highest BCUT2D eigenvalue weighted by Crippen LogP contribution is 1.48. The molecule has 0 aliphatic carbocycles. The van der Waals surface area contributed by atoms with Gasteiger partial charge in [0.25, 0.3) is 0 Å². The molecule has 0 aliphatic heterocycles. The van der Waals surface area contributed by atoms with E-state index in [0.717, 1.165) is 0 Å². The topological polar surface area (TPSA) is 68.3 Å². The minimum absolute atomic E-state index is 0.194. The lowest BCUT2D eigenvalue weighted by Gasteiger charge is -1.57. The van der Waals surface area contributed by atoms with Crippen LogP contribution in [0.2, 0.25) is 0 Å². The second kappa shape index (κ2) is 9.84. The molecule has 0 aromatic carbocycles. The second-order valence-electron chi connectivity index (χ2n) is 1.00. The van der Waals surface area contributed by atoms with E-state index in [9.17, 15) is 4.79 Å². The first-order valence-corrected chi connectivity index (χ1v) is 2.03. The van der Waals surface area contributed by atoms with Gasteiger partial charge >= 0.3 is 0 Å². The van der Waals surface area contributed by atoms with Crippen LogP contribution in [0, 0.1) is 0 Å². The van der Waals surface area contributed by atoms with Crippen molar-refractivity contribution in [1.29, 1.82) is 0 Å². The van der Waals surface area contributed by atoms with Crippen LogP contribution in [0.25, 0.3) is 0 Å². The van der Waals surface area contributed by atoms with Crippen molar-refractivity contribution in [2.24, 2.45) is 0 Å². The maximum absolute atomic E-state index is 9.44. The molecule has 0 fully saturated rings. The van der Waals surface area contributed by atoms with Crippen molar-refractivity contribution in [3.05, 3.63) is 0 Å². The second-order valence-corrected chi connectivity index (χ2v) is 1.00. The number of hydrogen-bond acceptors (Lipinski definition) is 4. The first kappa shape index (κ1) is 10.6. The fourth-order valence-corrected chi connectivity index (χ4v) is 0. The monoisotopic (exact) mass is 130 g/mol. The Morgan fingerprint density at radius 3 is 1.33 bits per heavy atom. The molecule has 0 N–H and O–H groups in total. The summed E-state index contributed by atoms with van der Waals surface area (Å²) >= 11 is 0. The molecule has 0 unspecified atom stereocenters. The molecule has 0 radical (unpaired) electrons. The van der Waals surface area contributed by atoms with E-state index in [1.807, 2.05) is 0 Å². The number of aldehydes is 3. The molecule has 0 aliphatic rings. The van der Waals surface area contributed by atoms with Crippen molar-refractivity contribution >= 4 is 24.6 Å². The molecular weight excluding hydrogens is 124 g/mol. The molecular formula is C5H6O4. The predicted octanol–water partition coefficient (Wildman–Crippen LogP) is -0.842. The van der Waals surface area contributed by atoms with E-state index in [2.05, 4.69) is 0 Å². The molecule has 4 heteroatoms. The smallest absolute Gasteiger partial charge is 0.192 e. The average molecular weight is 130 g/mol. The van der Waals surface area contributed by atoms with Gasteiger partial charge in [-0.2, -0.15) is 0 Å². The van der Waals surface area contributed by atoms with E-state index in [-0.39, 0.29) is 18.9 Å². The summed E-state index contributed by atoms with van der Waals surface area (Å²) in [5, 5.41) is 0. The molecule has 0 rings (SSSR count). The van der Waals surface area contributed by atoms with E-state index >= 15 is 0 Å². The van der Waals surface area contributed by atoms with Crippen LogP contribution in [0.3, 0.4) is 0 Å². The van der Waals surface area contributed by atoms with Crippen LogP contribution in [0.4, 0.5) is 0 Å². The van der Waals surface area contributed by atoms with E-state index in [1.54, 1.807) is 0 Å². The predicted molar refractivity (Wildman–Crippen MR) is 28.9 cm³/mol. The summed E-state index contributed by atoms with van der Waals surface area (Å²) in [7, 11) is 0. The molecule has 0 atom stereocenters. The van der Waals surface area contributed by atoms with Gasteiger partial charge in [0.1, 0.15) is 0 Å². The normalized spacial score (nSPS) is 5.89. The molecule has 0 spiro atoms. The largest absolute Gasteiger partial charge is 0.295 e. The summed E-state index contributed by atoms with van der Waals surface area (Å²) in [6.45, 7) is 1.22. The van der Waals surface area contributed by atoms with Gasteiger partial charge in [-0.1, -0.05) is 0 Å². The summed E-state index contributed by atoms with van der Waals surface area (Å²) in [5.41, 5.74) is 0. The molecule has 0 amide bonds. The molecule has 50 valence electrons. The van der Waals surface area contributed by atoms with Crippen molar-refractivity contribution in [1.82, 2.24) is 0 Å². The van der Waals surface area contributed by atoms with Crippen LogP contribution in [-0.2, 0) is 19.2 Å². The highest BCUT2D eigenvalue weighted by Gasteiger charge is 1.76. The molecule has 0 aromatic heterocycles. The van der Waals surface area contributed by atoms with Gasteiger partial charge in [-0.05, 0) is 0 Å². The van der Waals surface area contributed by atoms with E-state index in [0.29, 0.717) is 0 Å². The molecule has 0 heterocycles. The first-order chi connectivity index (χ1) is 4.18. The minimum atomic E-state index is -0.426. The van der Waals surface area contributed by atoms with Crippen LogP contribution < -0.4 is 0 Å². The number of hydrogen-bond donors (Lipinski definition) is 0. The van der Waals surface area contributed by atoms with Crippen molar-refractivity contribution in [2.45, 2.75) is 6.92 Å². The number of Topliss-reactive ketones (excluding diaryl/α,β-unsaturated/α-hetero) is 1. The Morgan fingerprint density at radius 1 is 1.11 bits per heavy atom. The lowest BCUT2D eigenvalue weighted by atomic mass is 10.5. The summed E-state index contributed by atoms with van der Waals surface area (Å²) in [4.78, 5) is 36.2. The number of carbonyl (C=O) groups excluding carboxylic acids is 4. The average Bonchev–Trinajstić information content (AvgIpc) is 1.89. The Bertz CT molecular complexity index is 110. The third kappa shape index (κ3) is 51.8. The van der Waals surface area contributed by atoms with Crippen LogP contribution >= 0.6 is 0 Å². The number of ketones is 1. The first-order valence-electron chi connectivity index (χ1n) is 2.03. The van der Waals surface area contributed by atoms with Crippen molar-refractivity contribution in [3.63, 3.8) is 0 Å². The third-order valence-corrected chi connectivity index (χ3v) is 0.222. The van der Waals surface area contributed by atoms with E-state index < -0.39 is 5.78 Å². The highest BCUT2D eigenvalue weighted by molar-refractivity contribution is 6.23. The molecule has 0 aromatic rings. The fraction of sp³-hybridized carbons (Fsp3) is 0.200. The molecule has 0 bridgehead atoms. The third-order valence-electron chi connectivity index (χ3n) is 0.222. The van der Waals surface area contributed by atoms with Crippen molar-refractivity contribution < 1.29 is 19.2 Å². The van der Waals surface area contributed by atoms with Gasteiger partial charge in [-0.25, -0.2) is 0 Å². The summed E-state index contributed by atoms with van der Waals surface area (Å²) in [6, 6.07) is 0. The lowest BCUT2D eigenvalue weighted by Crippen LogP contribution is -1.85. The van der Waals surface area contributed by atoms with Gasteiger partial charge in [-0.15, -0.1) is 0 Å². The summed E-state index contributed by atoms with van der Waals surface area (Å²) in [6.07, 6.45) is 0.667. The maximum atomic E-state index is 9.44. The summed E-state index contributed by atoms with van der Waals surface area (Å²) < 4.78 is 0. The Morgan fingerprint density at radius 2 is 1.33 bits per heavy atom. The Hall–Kier alpha value is -1.32. The quantitative estimate of drug-likeness (QED) is 0.361. The Balaban J connectivity index is 0. The van der Waals surface area contributed by atoms with Crippen LogP contribution in [0.5, 0.6) is 0 Å². The molecule has 0 saturated heterocycles. The van der Waals surface area contributed by atoms with Crippen molar-refractivity contribution in [3.8, 4) is 0 Å². The zero-order valence-electron chi connectivity index (χ0n) is 4.87. The van der Waals surface area contributed by atoms with Crippen LogP contribution in [0.1, 0.15) is 6.92 Å². The highest BCUT2D eigenvalue weighted by atomic mass is 16.2. The Kier molecular flexibility index (Phi) is 11.6.